The van der Waals surface area contributed by atoms with Crippen LogP contribution in [0.5, 0.6) is 0 Å². The van der Waals surface area contributed by atoms with Crippen LogP contribution >= 0.6 is 0 Å². The molecule has 0 aromatic heterocycles. The van der Waals surface area contributed by atoms with Crippen molar-refractivity contribution in [3.63, 3.8) is 0 Å². The monoisotopic (exact) mass is 972 g/mol. The van der Waals surface area contributed by atoms with Crippen LogP contribution in [0.1, 0.15) is 0 Å². The van der Waals surface area contributed by atoms with Gasteiger partial charge in [0.1, 0.15) is 146 Å². The maximum atomic E-state index is 11.2. The molecule has 12 bridgehead atoms. The normalized spacial score (nSPS) is 55.4. The van der Waals surface area contributed by atoms with Gasteiger partial charge in [0.25, 0.3) is 0 Å². The van der Waals surface area contributed by atoms with Crippen molar-refractivity contribution < 1.29 is 149 Å². The summed E-state index contributed by atoms with van der Waals surface area (Å²) in [5, 5.41) is 196. The van der Waals surface area contributed by atoms with E-state index in [9.17, 15) is 91.9 Å². The molecule has 0 unspecified atom stereocenters. The maximum Gasteiger partial charge on any atom is 0.187 e. The second-order valence-electron chi connectivity index (χ2n) is 16.8. The van der Waals surface area contributed by atoms with Crippen LogP contribution in [-0.4, -0.2) is 316 Å². The first-order chi connectivity index (χ1) is 31.4. The molecular formula is C36H60O30. The van der Waals surface area contributed by atoms with Crippen LogP contribution in [0.25, 0.3) is 0 Å². The number of hydrogen-bond donors (Lipinski definition) is 18. The first-order valence-electron chi connectivity index (χ1n) is 21.1. The fourth-order valence-corrected chi connectivity index (χ4v) is 8.93. The van der Waals surface area contributed by atoms with Gasteiger partial charge in [-0.1, -0.05) is 0 Å². The molecule has 0 spiro atoms. The average molecular weight is 973 g/mol. The van der Waals surface area contributed by atoms with Crippen molar-refractivity contribution in [1.82, 2.24) is 0 Å². The molecule has 30 heteroatoms. The van der Waals surface area contributed by atoms with Gasteiger partial charge in [-0.15, -0.1) is 0 Å². The third-order valence-corrected chi connectivity index (χ3v) is 12.7. The van der Waals surface area contributed by atoms with Crippen molar-refractivity contribution in [1.29, 1.82) is 0 Å². The molecule has 0 aromatic rings. The number of ether oxygens (including phenoxy) is 12. The van der Waals surface area contributed by atoms with Gasteiger partial charge < -0.3 is 149 Å². The second-order valence-corrected chi connectivity index (χ2v) is 16.8. The summed E-state index contributed by atoms with van der Waals surface area (Å²) in [6, 6.07) is 0. The molecule has 22 aliphatic rings. The minimum absolute atomic E-state index is 0.999. The van der Waals surface area contributed by atoms with Crippen molar-refractivity contribution in [3.8, 4) is 0 Å². The van der Waals surface area contributed by atoms with Crippen molar-refractivity contribution in [3.05, 3.63) is 0 Å². The van der Waals surface area contributed by atoms with Crippen molar-refractivity contribution >= 4 is 0 Å². The Kier molecular flexibility index (Phi) is 17.6. The fourth-order valence-electron chi connectivity index (χ4n) is 8.93. The molecule has 0 saturated carbocycles. The summed E-state index contributed by atoms with van der Waals surface area (Å²) >= 11 is 0. The van der Waals surface area contributed by atoms with Gasteiger partial charge in [0.15, 0.2) is 37.7 Å². The van der Waals surface area contributed by atoms with E-state index in [2.05, 4.69) is 0 Å². The highest BCUT2D eigenvalue weighted by Gasteiger charge is 2.58. The molecule has 0 aliphatic carbocycles. The molecule has 22 fully saturated rings. The molecule has 0 radical (unpaired) electrons. The third-order valence-electron chi connectivity index (χ3n) is 12.7. The summed E-state index contributed by atoms with van der Waals surface area (Å²) < 4.78 is 67.9. The van der Waals surface area contributed by atoms with Gasteiger partial charge in [-0.05, 0) is 0 Å². The van der Waals surface area contributed by atoms with Gasteiger partial charge >= 0.3 is 0 Å². The van der Waals surface area contributed by atoms with E-state index < -0.39 is 224 Å². The summed E-state index contributed by atoms with van der Waals surface area (Å²) in [7, 11) is 0. The average Bonchev–Trinajstić information content (AvgIpc) is 3.31. The van der Waals surface area contributed by atoms with Gasteiger partial charge in [0.05, 0.1) is 39.6 Å². The van der Waals surface area contributed by atoms with Gasteiger partial charge in [-0.3, -0.25) is 0 Å². The lowest BCUT2D eigenvalue weighted by atomic mass is 9.94. The summed E-state index contributed by atoms with van der Waals surface area (Å²) in [4.78, 5) is 0. The van der Waals surface area contributed by atoms with Crippen LogP contribution in [0.15, 0.2) is 0 Å². The van der Waals surface area contributed by atoms with E-state index in [1.54, 1.807) is 0 Å². The lowest BCUT2D eigenvalue weighted by Gasteiger charge is -2.50. The van der Waals surface area contributed by atoms with Gasteiger partial charge in [0.2, 0.25) is 0 Å². The summed E-state index contributed by atoms with van der Waals surface area (Å²) in [5.74, 6) is 0. The Morgan fingerprint density at radius 2 is 0.303 bits per heavy atom. The third kappa shape index (κ3) is 10.0. The van der Waals surface area contributed by atoms with Gasteiger partial charge in [-0.2, -0.15) is 0 Å². The minimum Gasteiger partial charge on any atom is -0.394 e. The van der Waals surface area contributed by atoms with Crippen LogP contribution in [0, 0.1) is 0 Å². The lowest BCUT2D eigenvalue weighted by Crippen LogP contribution is -2.69. The predicted molar refractivity (Wildman–Crippen MR) is 196 cm³/mol. The number of aliphatic hydroxyl groups is 18. The molecule has 22 heterocycles. The molecule has 18 N–H and O–H groups in total. The molecule has 22 rings (SSSR count). The molecule has 30 atom stereocenters. The van der Waals surface area contributed by atoms with E-state index in [0.29, 0.717) is 0 Å². The van der Waals surface area contributed by atoms with Crippen LogP contribution in [0.2, 0.25) is 0 Å². The van der Waals surface area contributed by atoms with Crippen molar-refractivity contribution in [2.24, 2.45) is 0 Å². The second kappa shape index (κ2) is 22.1. The number of aliphatic hydroxyl groups excluding tert-OH is 18. The number of rotatable bonds is 6. The number of hydrogen-bond acceptors (Lipinski definition) is 30. The summed E-state index contributed by atoms with van der Waals surface area (Å²) in [6.45, 7) is -5.99. The highest BCUT2D eigenvalue weighted by atomic mass is 16.8. The van der Waals surface area contributed by atoms with E-state index in [-0.39, 0.29) is 0 Å². The van der Waals surface area contributed by atoms with E-state index in [4.69, 9.17) is 56.8 Å². The molecule has 22 aliphatic heterocycles. The molecule has 0 aromatic carbocycles. The molecular weight excluding hydrogens is 912 g/mol. The first-order valence-corrected chi connectivity index (χ1v) is 21.1. The zero-order valence-corrected chi connectivity index (χ0v) is 34.5. The van der Waals surface area contributed by atoms with E-state index in [1.165, 1.54) is 0 Å². The molecule has 0 amide bonds. The zero-order chi connectivity index (χ0) is 48.0. The highest BCUT2D eigenvalue weighted by molar-refractivity contribution is 5.01. The molecule has 30 nitrogen and oxygen atoms in total. The quantitative estimate of drug-likeness (QED) is 0.117. The Bertz CT molecular complexity index is 1230. The van der Waals surface area contributed by atoms with E-state index in [0.717, 1.165) is 0 Å². The first kappa shape index (κ1) is 52.6. The molecule has 22 saturated heterocycles. The lowest BCUT2D eigenvalue weighted by molar-refractivity contribution is -0.404. The van der Waals surface area contributed by atoms with E-state index in [1.807, 2.05) is 0 Å². The standard InChI is InChI=1S/C36H60O30/c37-1-7-25-13(43)19(49)31(55-7)62-26-8(2-38)57-33(21(51)15(26)45)64-28-10(4-40)59-35(23(53)17(28)47)66-30-12(6-42)60-36(24(54)18(30)48)65-29-11(5-41)58-34(22(52)16(29)46)63-27-9(3-39)56-32(61-25)20(50)14(27)44/h7-54H,1-6H2/t7-,8-,9-,10-,11-,12-,13-,14-,15-,16-,17+,18+,19+,20+,21+,22+,23-,24-,25+,26+,27-,28+,29+,30+,31+,32+,33+,34+,35+,36+/m0/s1. The predicted octanol–water partition coefficient (Wildman–Crippen LogP) is -13.1. The van der Waals surface area contributed by atoms with E-state index >= 15 is 0 Å². The van der Waals surface area contributed by atoms with Crippen LogP contribution in [0.3, 0.4) is 0 Å². The van der Waals surface area contributed by atoms with Crippen LogP contribution in [0.4, 0.5) is 0 Å². The van der Waals surface area contributed by atoms with Gasteiger partial charge in [0, 0.05) is 0 Å². The Balaban J connectivity index is 1.19. The Labute approximate surface area is 372 Å². The maximum absolute atomic E-state index is 11.2. The van der Waals surface area contributed by atoms with Crippen LogP contribution < -0.4 is 0 Å². The minimum atomic E-state index is -2.15. The summed E-state index contributed by atoms with van der Waals surface area (Å²) in [6.07, 6.45) is -58.5. The zero-order valence-electron chi connectivity index (χ0n) is 34.5. The Morgan fingerprint density at radius 3 is 0.409 bits per heavy atom. The van der Waals surface area contributed by atoms with Crippen molar-refractivity contribution in [2.75, 3.05) is 39.6 Å². The SMILES string of the molecule is OC[C@@H]1O[C@@H]2O[C@H]3[C@@H](O)[C@@H](O)[C@@H](O[C@H]4[C@@H](O)[C@@H](O)[C@@H](O[C@H]5[C@H](O)[C@H](O)[C@@H](O[C@H]6[C@H](O)[C@H](O)[C@@H](O[C@H]7[C@@H](O)[C@@H](O)[C@@H](O[C@@H]1[C@@H](O)[C@H]2O)O[C@H]7CO)O[C@H]6CO)O[C@H]5CO)O[C@H]4CO)O[C@H]3CO. The Morgan fingerprint density at radius 1 is 0.182 bits per heavy atom. The topological polar surface area (TPSA) is 475 Å². The van der Waals surface area contributed by atoms with Crippen LogP contribution in [-0.2, 0) is 56.8 Å². The summed E-state index contributed by atoms with van der Waals surface area (Å²) in [5.41, 5.74) is 0. The largest absolute Gasteiger partial charge is 0.394 e. The van der Waals surface area contributed by atoms with Crippen molar-refractivity contribution in [2.45, 2.75) is 184 Å². The Hall–Kier alpha value is -1.20. The smallest absolute Gasteiger partial charge is 0.187 e. The molecule has 66 heavy (non-hydrogen) atoms. The van der Waals surface area contributed by atoms with Gasteiger partial charge in [-0.25, -0.2) is 0 Å². The molecule has 384 valence electrons. The fraction of sp³-hybridized carbons (Fsp3) is 1.00. The highest BCUT2D eigenvalue weighted by Crippen LogP contribution is 2.38.